The molecule has 2 aromatic rings. The number of carbonyl (C=O) groups excluding carboxylic acids is 2. The van der Waals surface area contributed by atoms with E-state index >= 15 is 0 Å². The van der Waals surface area contributed by atoms with E-state index in [0.717, 1.165) is 11.3 Å². The molecule has 0 aliphatic carbocycles. The summed E-state index contributed by atoms with van der Waals surface area (Å²) in [6, 6.07) is 7.02. The zero-order chi connectivity index (χ0) is 16.3. The number of halogens is 1. The second kappa shape index (κ2) is 6.79. The molecule has 0 spiro atoms. The fourth-order valence-electron chi connectivity index (χ4n) is 2.23. The highest BCUT2D eigenvalue weighted by molar-refractivity contribution is 6.30. The number of amides is 1. The van der Waals surface area contributed by atoms with E-state index in [1.807, 2.05) is 6.92 Å². The van der Waals surface area contributed by atoms with Crippen molar-refractivity contribution >= 4 is 29.0 Å². The van der Waals surface area contributed by atoms with Crippen LogP contribution in [0.5, 0.6) is 0 Å². The van der Waals surface area contributed by atoms with Crippen molar-refractivity contribution < 1.29 is 14.0 Å². The number of hydrogen-bond donors (Lipinski definition) is 1. The first-order chi connectivity index (χ1) is 10.4. The van der Waals surface area contributed by atoms with Crippen LogP contribution >= 0.6 is 11.6 Å². The Morgan fingerprint density at radius 1 is 1.23 bits per heavy atom. The molecule has 1 heterocycles. The molecule has 0 unspecified atom stereocenters. The summed E-state index contributed by atoms with van der Waals surface area (Å²) in [6.07, 6.45) is 0.735. The topological polar surface area (TPSA) is 59.3 Å². The monoisotopic (exact) mass is 319 g/mol. The van der Waals surface area contributed by atoms with Gasteiger partial charge in [0, 0.05) is 23.6 Å². The summed E-state index contributed by atoms with van der Waals surface area (Å²) >= 11 is 5.88. The van der Waals surface area contributed by atoms with E-state index in [1.165, 1.54) is 6.92 Å². The van der Waals surface area contributed by atoms with Crippen molar-refractivity contribution in [2.24, 2.45) is 0 Å². The highest BCUT2D eigenvalue weighted by Crippen LogP contribution is 2.20. The normalized spacial score (nSPS) is 10.5. The van der Waals surface area contributed by atoms with Crippen molar-refractivity contribution in [3.05, 3.63) is 51.9 Å². The van der Waals surface area contributed by atoms with Crippen LogP contribution in [0.25, 0.3) is 0 Å². The van der Waals surface area contributed by atoms with Gasteiger partial charge in [0.25, 0.3) is 0 Å². The molecule has 1 aromatic carbocycles. The molecule has 116 valence electrons. The number of nitrogens with one attached hydrogen (secondary N) is 1. The van der Waals surface area contributed by atoms with Gasteiger partial charge in [-0.25, -0.2) is 0 Å². The van der Waals surface area contributed by atoms with Gasteiger partial charge in [0.2, 0.25) is 5.91 Å². The predicted octanol–water partition coefficient (Wildman–Crippen LogP) is 4.32. The molecule has 0 aliphatic heterocycles. The van der Waals surface area contributed by atoms with E-state index in [1.54, 1.807) is 31.2 Å². The average molecular weight is 320 g/mol. The average Bonchev–Trinajstić information content (AvgIpc) is 2.81. The molecule has 0 fully saturated rings. The maximum absolute atomic E-state index is 12.0. The number of benzene rings is 1. The van der Waals surface area contributed by atoms with Crippen LogP contribution < -0.4 is 5.32 Å². The van der Waals surface area contributed by atoms with E-state index in [0.29, 0.717) is 28.5 Å². The van der Waals surface area contributed by atoms with Crippen LogP contribution in [0.1, 0.15) is 40.8 Å². The first kappa shape index (κ1) is 16.3. The number of Topliss-reactive ketones (excluding diaryl/α,β-unsaturated/α-hetero) is 1. The van der Waals surface area contributed by atoms with Gasteiger partial charge in [0.1, 0.15) is 11.5 Å². The summed E-state index contributed by atoms with van der Waals surface area (Å²) < 4.78 is 5.50. The van der Waals surface area contributed by atoms with E-state index in [2.05, 4.69) is 5.32 Å². The lowest BCUT2D eigenvalue weighted by Gasteiger charge is -2.08. The molecule has 5 heteroatoms. The summed E-state index contributed by atoms with van der Waals surface area (Å²) in [6.45, 7) is 5.13. The van der Waals surface area contributed by atoms with E-state index in [-0.39, 0.29) is 18.1 Å². The van der Waals surface area contributed by atoms with E-state index in [4.69, 9.17) is 16.0 Å². The third-order valence-electron chi connectivity index (χ3n) is 3.41. The van der Waals surface area contributed by atoms with Gasteiger partial charge >= 0.3 is 0 Å². The van der Waals surface area contributed by atoms with Gasteiger partial charge in [-0.2, -0.15) is 0 Å². The minimum absolute atomic E-state index is 0.0336. The molecule has 0 atom stereocenters. The Morgan fingerprint density at radius 3 is 2.55 bits per heavy atom. The molecule has 1 N–H and O–H groups in total. The van der Waals surface area contributed by atoms with E-state index in [9.17, 15) is 9.59 Å². The lowest BCUT2D eigenvalue weighted by atomic mass is 10.1. The fraction of sp³-hybridized carbons (Fsp3) is 0.294. The molecule has 0 bridgehead atoms. The molecule has 22 heavy (non-hydrogen) atoms. The Hall–Kier alpha value is -2.07. The molecule has 0 radical (unpaired) electrons. The standard InChI is InChI=1S/C17H18ClNO3/c1-10-8-13(18)4-6-16(10)19-17(21)7-5-14-9-15(11(2)20)12(3)22-14/h4,6,8-9H,5,7H2,1-3H3,(H,19,21). The minimum atomic E-state index is -0.108. The third kappa shape index (κ3) is 3.98. The number of anilines is 1. The van der Waals surface area contributed by atoms with Gasteiger partial charge in [-0.3, -0.25) is 9.59 Å². The first-order valence-electron chi connectivity index (χ1n) is 7.03. The quantitative estimate of drug-likeness (QED) is 0.835. The lowest BCUT2D eigenvalue weighted by Crippen LogP contribution is -2.13. The van der Waals surface area contributed by atoms with Gasteiger partial charge in [0.05, 0.1) is 5.56 Å². The summed E-state index contributed by atoms with van der Waals surface area (Å²) in [5.74, 6) is 1.10. The van der Waals surface area contributed by atoms with Gasteiger partial charge in [-0.1, -0.05) is 11.6 Å². The Balaban J connectivity index is 1.95. The zero-order valence-electron chi connectivity index (χ0n) is 12.8. The second-order valence-corrected chi connectivity index (χ2v) is 5.68. The third-order valence-corrected chi connectivity index (χ3v) is 3.64. The van der Waals surface area contributed by atoms with Crippen LogP contribution in [0.3, 0.4) is 0 Å². The summed E-state index contributed by atoms with van der Waals surface area (Å²) in [4.78, 5) is 23.4. The number of hydrogen-bond acceptors (Lipinski definition) is 3. The van der Waals surface area contributed by atoms with Crippen LogP contribution in [0, 0.1) is 13.8 Å². The van der Waals surface area contributed by atoms with Crippen molar-refractivity contribution in [2.45, 2.75) is 33.6 Å². The smallest absolute Gasteiger partial charge is 0.224 e. The maximum atomic E-state index is 12.0. The Morgan fingerprint density at radius 2 is 1.95 bits per heavy atom. The summed E-state index contributed by atoms with van der Waals surface area (Å²) in [5.41, 5.74) is 2.23. The van der Waals surface area contributed by atoms with Crippen molar-refractivity contribution in [2.75, 3.05) is 5.32 Å². The first-order valence-corrected chi connectivity index (χ1v) is 7.41. The Labute approximate surface area is 134 Å². The minimum Gasteiger partial charge on any atom is -0.466 e. The van der Waals surface area contributed by atoms with Gasteiger partial charge in [-0.15, -0.1) is 0 Å². The SMILES string of the molecule is CC(=O)c1cc(CCC(=O)Nc2ccc(Cl)cc2C)oc1C. The zero-order valence-corrected chi connectivity index (χ0v) is 13.6. The second-order valence-electron chi connectivity index (χ2n) is 5.25. The van der Waals surface area contributed by atoms with Gasteiger partial charge < -0.3 is 9.73 Å². The van der Waals surface area contributed by atoms with Gasteiger partial charge in [0.15, 0.2) is 5.78 Å². The molecule has 4 nitrogen and oxygen atoms in total. The number of rotatable bonds is 5. The highest BCUT2D eigenvalue weighted by Gasteiger charge is 2.13. The largest absolute Gasteiger partial charge is 0.466 e. The van der Waals surface area contributed by atoms with Crippen molar-refractivity contribution in [1.82, 2.24) is 0 Å². The highest BCUT2D eigenvalue weighted by atomic mass is 35.5. The molecule has 0 aliphatic rings. The molecular formula is C17H18ClNO3. The molecule has 2 rings (SSSR count). The Bertz CT molecular complexity index is 719. The molecule has 0 saturated carbocycles. The van der Waals surface area contributed by atoms with E-state index < -0.39 is 0 Å². The van der Waals surface area contributed by atoms with Crippen molar-refractivity contribution in [1.29, 1.82) is 0 Å². The molecule has 1 amide bonds. The number of carbonyl (C=O) groups is 2. The van der Waals surface area contributed by atoms with Crippen molar-refractivity contribution in [3.8, 4) is 0 Å². The number of aryl methyl sites for hydroxylation is 3. The van der Waals surface area contributed by atoms with Crippen LogP contribution in [0.15, 0.2) is 28.7 Å². The molecule has 0 saturated heterocycles. The summed E-state index contributed by atoms with van der Waals surface area (Å²) in [5, 5.41) is 3.48. The van der Waals surface area contributed by atoms with Crippen LogP contribution in [0.4, 0.5) is 5.69 Å². The molecular weight excluding hydrogens is 302 g/mol. The molecule has 1 aromatic heterocycles. The van der Waals surface area contributed by atoms with Crippen molar-refractivity contribution in [3.63, 3.8) is 0 Å². The fourth-order valence-corrected chi connectivity index (χ4v) is 2.46. The lowest BCUT2D eigenvalue weighted by molar-refractivity contribution is -0.116. The Kier molecular flexibility index (Phi) is 5.03. The number of furan rings is 1. The van der Waals surface area contributed by atoms with Crippen LogP contribution in [0.2, 0.25) is 5.02 Å². The number of ketones is 1. The van der Waals surface area contributed by atoms with Crippen LogP contribution in [-0.2, 0) is 11.2 Å². The summed E-state index contributed by atoms with van der Waals surface area (Å²) in [7, 11) is 0. The van der Waals surface area contributed by atoms with Gasteiger partial charge in [-0.05, 0) is 50.6 Å². The predicted molar refractivity (Wildman–Crippen MR) is 86.6 cm³/mol. The van der Waals surface area contributed by atoms with Crippen LogP contribution in [-0.4, -0.2) is 11.7 Å². The maximum Gasteiger partial charge on any atom is 0.224 e.